The summed E-state index contributed by atoms with van der Waals surface area (Å²) < 4.78 is 7.18. The molecule has 4 heteroatoms. The summed E-state index contributed by atoms with van der Waals surface area (Å²) in [5, 5.41) is 19.2. The molecule has 1 aliphatic rings. The number of methoxy groups -OCH3 is 1. The lowest BCUT2D eigenvalue weighted by Crippen LogP contribution is -2.00. The van der Waals surface area contributed by atoms with Crippen LogP contribution in [0.25, 0.3) is 0 Å². The van der Waals surface area contributed by atoms with Gasteiger partial charge in [0.1, 0.15) is 11.8 Å². The standard InChI is InChI=1S/C17H18N2O2/c1-21-16-5-2-12(8-15(16)9-18)10-19-7-6-14(11-19)17(20)13-3-4-13/h2,5-8,11,13,17,20H,3-4,10H2,1H3. The van der Waals surface area contributed by atoms with Gasteiger partial charge in [0.05, 0.1) is 18.8 Å². The van der Waals surface area contributed by atoms with E-state index in [9.17, 15) is 5.11 Å². The average Bonchev–Trinajstić information content (AvgIpc) is 3.26. The minimum atomic E-state index is -0.336. The average molecular weight is 282 g/mol. The van der Waals surface area contributed by atoms with Crippen LogP contribution >= 0.6 is 0 Å². The smallest absolute Gasteiger partial charge is 0.136 e. The lowest BCUT2D eigenvalue weighted by molar-refractivity contribution is 0.154. The van der Waals surface area contributed by atoms with Crippen LogP contribution in [0, 0.1) is 17.2 Å². The van der Waals surface area contributed by atoms with E-state index in [0.29, 0.717) is 23.8 Å². The molecule has 0 saturated heterocycles. The Morgan fingerprint density at radius 2 is 2.24 bits per heavy atom. The van der Waals surface area contributed by atoms with Crippen LogP contribution in [-0.2, 0) is 6.54 Å². The van der Waals surface area contributed by atoms with Crippen LogP contribution in [0.4, 0.5) is 0 Å². The molecule has 0 spiro atoms. The molecule has 4 nitrogen and oxygen atoms in total. The highest BCUT2D eigenvalue weighted by Crippen LogP contribution is 2.40. The summed E-state index contributed by atoms with van der Waals surface area (Å²) in [4.78, 5) is 0. The zero-order chi connectivity index (χ0) is 14.8. The van der Waals surface area contributed by atoms with Gasteiger partial charge in [0.2, 0.25) is 0 Å². The number of benzene rings is 1. The quantitative estimate of drug-likeness (QED) is 0.917. The summed E-state index contributed by atoms with van der Waals surface area (Å²) in [5.74, 6) is 1.03. The molecule has 1 aliphatic carbocycles. The van der Waals surface area contributed by atoms with E-state index >= 15 is 0 Å². The Morgan fingerprint density at radius 1 is 1.43 bits per heavy atom. The predicted octanol–water partition coefficient (Wildman–Crippen LogP) is 2.86. The zero-order valence-electron chi connectivity index (χ0n) is 12.0. The number of aromatic nitrogens is 1. The van der Waals surface area contributed by atoms with Crippen molar-refractivity contribution in [3.05, 3.63) is 53.3 Å². The minimum Gasteiger partial charge on any atom is -0.495 e. The molecule has 1 aromatic heterocycles. The molecule has 1 heterocycles. The van der Waals surface area contributed by atoms with E-state index < -0.39 is 0 Å². The van der Waals surface area contributed by atoms with E-state index in [1.54, 1.807) is 7.11 Å². The van der Waals surface area contributed by atoms with Gasteiger partial charge in [0.15, 0.2) is 0 Å². The summed E-state index contributed by atoms with van der Waals surface area (Å²) in [6, 6.07) is 9.73. The summed E-state index contributed by atoms with van der Waals surface area (Å²) in [6.07, 6.45) is 5.86. The van der Waals surface area contributed by atoms with Gasteiger partial charge in [0.25, 0.3) is 0 Å². The maximum Gasteiger partial charge on any atom is 0.136 e. The van der Waals surface area contributed by atoms with E-state index in [1.807, 2.05) is 41.2 Å². The topological polar surface area (TPSA) is 58.2 Å². The fourth-order valence-corrected chi connectivity index (χ4v) is 2.57. The molecule has 3 rings (SSSR count). The molecule has 0 bridgehead atoms. The van der Waals surface area contributed by atoms with Crippen LogP contribution in [0.3, 0.4) is 0 Å². The molecule has 1 saturated carbocycles. The third kappa shape index (κ3) is 2.93. The van der Waals surface area contributed by atoms with Gasteiger partial charge in [-0.05, 0) is 48.1 Å². The number of hydrogen-bond donors (Lipinski definition) is 1. The van der Waals surface area contributed by atoms with Gasteiger partial charge in [-0.1, -0.05) is 6.07 Å². The molecule has 0 aliphatic heterocycles. The summed E-state index contributed by atoms with van der Waals surface area (Å²) >= 11 is 0. The molecular formula is C17H18N2O2. The van der Waals surface area contributed by atoms with Gasteiger partial charge in [-0.15, -0.1) is 0 Å². The second-order valence-electron chi connectivity index (χ2n) is 5.55. The number of rotatable bonds is 5. The van der Waals surface area contributed by atoms with Crippen LogP contribution in [0.2, 0.25) is 0 Å². The van der Waals surface area contributed by atoms with Crippen molar-refractivity contribution in [3.63, 3.8) is 0 Å². The van der Waals surface area contributed by atoms with E-state index in [0.717, 1.165) is 24.0 Å². The predicted molar refractivity (Wildman–Crippen MR) is 78.9 cm³/mol. The van der Waals surface area contributed by atoms with Crippen LogP contribution in [0.15, 0.2) is 36.7 Å². The van der Waals surface area contributed by atoms with Gasteiger partial charge in [0, 0.05) is 18.9 Å². The van der Waals surface area contributed by atoms with E-state index in [1.165, 1.54) is 0 Å². The lowest BCUT2D eigenvalue weighted by Gasteiger charge is -2.08. The highest BCUT2D eigenvalue weighted by atomic mass is 16.5. The second kappa shape index (κ2) is 5.63. The van der Waals surface area contributed by atoms with E-state index in [-0.39, 0.29) is 6.10 Å². The summed E-state index contributed by atoms with van der Waals surface area (Å²) in [6.45, 7) is 0.677. The first-order chi connectivity index (χ1) is 10.2. The fraction of sp³-hybridized carbons (Fsp3) is 0.353. The highest BCUT2D eigenvalue weighted by Gasteiger charge is 2.31. The molecule has 2 aromatic rings. The van der Waals surface area contributed by atoms with Crippen molar-refractivity contribution in [2.75, 3.05) is 7.11 Å². The van der Waals surface area contributed by atoms with Crippen molar-refractivity contribution in [1.82, 2.24) is 4.57 Å². The molecule has 0 amide bonds. The Balaban J connectivity index is 1.76. The largest absolute Gasteiger partial charge is 0.495 e. The second-order valence-corrected chi connectivity index (χ2v) is 5.55. The van der Waals surface area contributed by atoms with Crippen LogP contribution in [0.5, 0.6) is 5.75 Å². The summed E-state index contributed by atoms with van der Waals surface area (Å²) in [7, 11) is 1.56. The molecule has 108 valence electrons. The first-order valence-corrected chi connectivity index (χ1v) is 7.12. The number of hydrogen-bond acceptors (Lipinski definition) is 3. The molecule has 1 atom stereocenters. The Hall–Kier alpha value is -2.25. The van der Waals surface area contributed by atoms with Gasteiger partial charge < -0.3 is 14.4 Å². The van der Waals surface area contributed by atoms with Gasteiger partial charge in [-0.3, -0.25) is 0 Å². The maximum atomic E-state index is 10.1. The van der Waals surface area contributed by atoms with Crippen LogP contribution < -0.4 is 4.74 Å². The Bertz CT molecular complexity index is 680. The number of ether oxygens (including phenoxy) is 1. The Labute approximate surface area is 124 Å². The van der Waals surface area contributed by atoms with Crippen molar-refractivity contribution in [2.24, 2.45) is 5.92 Å². The van der Waals surface area contributed by atoms with Crippen molar-refractivity contribution in [1.29, 1.82) is 5.26 Å². The Morgan fingerprint density at radius 3 is 2.90 bits per heavy atom. The van der Waals surface area contributed by atoms with Crippen LogP contribution in [0.1, 0.15) is 35.6 Å². The summed E-state index contributed by atoms with van der Waals surface area (Å²) in [5.41, 5.74) is 2.56. The highest BCUT2D eigenvalue weighted by molar-refractivity contribution is 5.45. The van der Waals surface area contributed by atoms with Crippen LogP contribution in [-0.4, -0.2) is 16.8 Å². The lowest BCUT2D eigenvalue weighted by atomic mass is 10.1. The van der Waals surface area contributed by atoms with Gasteiger partial charge >= 0.3 is 0 Å². The molecule has 1 fully saturated rings. The first-order valence-electron chi connectivity index (χ1n) is 7.12. The zero-order valence-corrected chi connectivity index (χ0v) is 12.0. The molecular weight excluding hydrogens is 264 g/mol. The van der Waals surface area contributed by atoms with Crippen molar-refractivity contribution >= 4 is 0 Å². The fourth-order valence-electron chi connectivity index (χ4n) is 2.57. The van der Waals surface area contributed by atoms with Crippen molar-refractivity contribution in [2.45, 2.75) is 25.5 Å². The van der Waals surface area contributed by atoms with Gasteiger partial charge in [-0.2, -0.15) is 5.26 Å². The third-order valence-corrected chi connectivity index (χ3v) is 3.93. The molecule has 21 heavy (non-hydrogen) atoms. The maximum absolute atomic E-state index is 10.1. The normalized spacial score (nSPS) is 15.5. The third-order valence-electron chi connectivity index (χ3n) is 3.93. The van der Waals surface area contributed by atoms with Crippen molar-refractivity contribution < 1.29 is 9.84 Å². The van der Waals surface area contributed by atoms with E-state index in [4.69, 9.17) is 10.00 Å². The number of aliphatic hydroxyl groups excluding tert-OH is 1. The molecule has 1 unspecified atom stereocenters. The number of aliphatic hydroxyl groups is 1. The van der Waals surface area contributed by atoms with Gasteiger partial charge in [-0.25, -0.2) is 0 Å². The molecule has 1 aromatic carbocycles. The number of nitriles is 1. The SMILES string of the molecule is COc1ccc(Cn2ccc(C(O)C3CC3)c2)cc1C#N. The minimum absolute atomic E-state index is 0.336. The Kier molecular flexibility index (Phi) is 3.68. The van der Waals surface area contributed by atoms with E-state index in [2.05, 4.69) is 6.07 Å². The monoisotopic (exact) mass is 282 g/mol. The first kappa shape index (κ1) is 13.7. The van der Waals surface area contributed by atoms with Crippen molar-refractivity contribution in [3.8, 4) is 11.8 Å². The molecule has 1 N–H and O–H groups in total. The molecule has 0 radical (unpaired) electrons. The number of nitrogens with zero attached hydrogens (tertiary/aromatic N) is 2.